The molecule has 0 saturated carbocycles. The van der Waals surface area contributed by atoms with Crippen molar-refractivity contribution < 1.29 is 13.2 Å². The number of anilines is 1. The minimum Gasteiger partial charge on any atom is -0.369 e. The lowest BCUT2D eigenvalue weighted by Gasteiger charge is -2.08. The molecule has 2 heterocycles. The van der Waals surface area contributed by atoms with Gasteiger partial charge in [0.15, 0.2) is 0 Å². The summed E-state index contributed by atoms with van der Waals surface area (Å²) in [6.07, 6.45) is -4.38. The van der Waals surface area contributed by atoms with Crippen LogP contribution in [0.4, 0.5) is 19.1 Å². The molecule has 0 radical (unpaired) electrons. The number of aryl methyl sites for hydroxylation is 1. The van der Waals surface area contributed by atoms with Crippen molar-refractivity contribution >= 4 is 28.3 Å². The standard InChI is InChI=1S/C14H12F3N3S/c1-8-6-21-7-9(8)5-20-12-3-2-10(14(15,16)17)4-11(12)19-13(20)18/h2-4,6-7H,5H2,1H3,(H2,18,19). The maximum absolute atomic E-state index is 12.7. The highest BCUT2D eigenvalue weighted by atomic mass is 32.1. The molecular weight excluding hydrogens is 299 g/mol. The lowest BCUT2D eigenvalue weighted by atomic mass is 10.2. The first-order chi connectivity index (χ1) is 9.86. The van der Waals surface area contributed by atoms with E-state index in [0.717, 1.165) is 23.3 Å². The van der Waals surface area contributed by atoms with E-state index < -0.39 is 11.7 Å². The number of alkyl halides is 3. The van der Waals surface area contributed by atoms with E-state index in [4.69, 9.17) is 5.73 Å². The fourth-order valence-corrected chi connectivity index (χ4v) is 3.06. The SMILES string of the molecule is Cc1cscc1Cn1c(N)nc2cc(C(F)(F)F)ccc21. The van der Waals surface area contributed by atoms with Gasteiger partial charge in [-0.1, -0.05) is 0 Å². The number of imidazole rings is 1. The van der Waals surface area contributed by atoms with Crippen molar-refractivity contribution in [3.05, 3.63) is 45.6 Å². The Bertz CT molecular complexity index is 801. The van der Waals surface area contributed by atoms with Crippen LogP contribution in [-0.2, 0) is 12.7 Å². The smallest absolute Gasteiger partial charge is 0.369 e. The van der Waals surface area contributed by atoms with Gasteiger partial charge in [0, 0.05) is 0 Å². The van der Waals surface area contributed by atoms with Crippen LogP contribution in [0.25, 0.3) is 11.0 Å². The fourth-order valence-electron chi connectivity index (χ4n) is 2.21. The summed E-state index contributed by atoms with van der Waals surface area (Å²) in [5, 5.41) is 4.02. The summed E-state index contributed by atoms with van der Waals surface area (Å²) in [6, 6.07) is 3.51. The molecule has 0 fully saturated rings. The number of rotatable bonds is 2. The van der Waals surface area contributed by atoms with Gasteiger partial charge < -0.3 is 10.3 Å². The molecule has 0 saturated heterocycles. The number of aromatic nitrogens is 2. The minimum absolute atomic E-state index is 0.218. The number of thiophene rings is 1. The predicted octanol–water partition coefficient (Wildman–Crippen LogP) is 4.06. The average molecular weight is 311 g/mol. The maximum Gasteiger partial charge on any atom is 0.416 e. The second kappa shape index (κ2) is 4.77. The molecule has 3 rings (SSSR count). The molecule has 21 heavy (non-hydrogen) atoms. The third-order valence-corrected chi connectivity index (χ3v) is 4.31. The summed E-state index contributed by atoms with van der Waals surface area (Å²) >= 11 is 1.58. The Morgan fingerprint density at radius 3 is 2.67 bits per heavy atom. The fraction of sp³-hybridized carbons (Fsp3) is 0.214. The van der Waals surface area contributed by atoms with Gasteiger partial charge in [0.1, 0.15) is 0 Å². The van der Waals surface area contributed by atoms with Gasteiger partial charge in [-0.05, 0) is 47.0 Å². The molecule has 0 atom stereocenters. The molecule has 7 heteroatoms. The lowest BCUT2D eigenvalue weighted by molar-refractivity contribution is -0.137. The number of nitrogen functional groups attached to an aromatic ring is 1. The van der Waals surface area contributed by atoms with E-state index in [1.807, 2.05) is 17.7 Å². The summed E-state index contributed by atoms with van der Waals surface area (Å²) in [5.74, 6) is 0.218. The van der Waals surface area contributed by atoms with Gasteiger partial charge in [0.25, 0.3) is 0 Å². The Hall–Kier alpha value is -2.02. The number of halogens is 3. The van der Waals surface area contributed by atoms with Gasteiger partial charge in [-0.15, -0.1) is 0 Å². The molecule has 3 aromatic rings. The van der Waals surface area contributed by atoms with Crippen molar-refractivity contribution in [3.8, 4) is 0 Å². The zero-order chi connectivity index (χ0) is 15.2. The van der Waals surface area contributed by atoms with Gasteiger partial charge in [-0.3, -0.25) is 0 Å². The normalized spacial score (nSPS) is 12.2. The molecule has 2 N–H and O–H groups in total. The molecule has 0 aliphatic rings. The third-order valence-electron chi connectivity index (χ3n) is 3.40. The van der Waals surface area contributed by atoms with Crippen LogP contribution in [-0.4, -0.2) is 9.55 Å². The quantitative estimate of drug-likeness (QED) is 0.776. The van der Waals surface area contributed by atoms with Gasteiger partial charge in [0.2, 0.25) is 5.95 Å². The minimum atomic E-state index is -4.38. The first kappa shape index (κ1) is 13.9. The molecular formula is C14H12F3N3S. The van der Waals surface area contributed by atoms with Crippen molar-refractivity contribution in [2.45, 2.75) is 19.6 Å². The van der Waals surface area contributed by atoms with Gasteiger partial charge in [-0.2, -0.15) is 24.5 Å². The van der Waals surface area contributed by atoms with Crippen molar-refractivity contribution in [1.29, 1.82) is 0 Å². The summed E-state index contributed by atoms with van der Waals surface area (Å²) in [6.45, 7) is 2.49. The topological polar surface area (TPSA) is 43.8 Å². The van der Waals surface area contributed by atoms with E-state index in [1.54, 1.807) is 15.9 Å². The molecule has 0 aliphatic heterocycles. The highest BCUT2D eigenvalue weighted by Crippen LogP contribution is 2.32. The second-order valence-electron chi connectivity index (χ2n) is 4.84. The number of benzene rings is 1. The van der Waals surface area contributed by atoms with Crippen molar-refractivity contribution in [2.75, 3.05) is 5.73 Å². The number of hydrogen-bond acceptors (Lipinski definition) is 3. The number of nitrogens with zero attached hydrogens (tertiary/aromatic N) is 2. The molecule has 0 spiro atoms. The largest absolute Gasteiger partial charge is 0.416 e. The molecule has 0 amide bonds. The van der Waals surface area contributed by atoms with Crippen molar-refractivity contribution in [3.63, 3.8) is 0 Å². The van der Waals surface area contributed by atoms with Crippen LogP contribution in [0.3, 0.4) is 0 Å². The van der Waals surface area contributed by atoms with E-state index in [0.29, 0.717) is 12.1 Å². The molecule has 2 aromatic heterocycles. The van der Waals surface area contributed by atoms with E-state index >= 15 is 0 Å². The first-order valence-corrected chi connectivity index (χ1v) is 7.15. The Morgan fingerprint density at radius 1 is 1.29 bits per heavy atom. The zero-order valence-electron chi connectivity index (χ0n) is 11.1. The second-order valence-corrected chi connectivity index (χ2v) is 5.58. The van der Waals surface area contributed by atoms with Crippen LogP contribution >= 0.6 is 11.3 Å². The number of nitrogens with two attached hydrogens (primary N) is 1. The van der Waals surface area contributed by atoms with Crippen LogP contribution < -0.4 is 5.73 Å². The van der Waals surface area contributed by atoms with Crippen LogP contribution in [0.2, 0.25) is 0 Å². The van der Waals surface area contributed by atoms with Crippen LogP contribution in [0.1, 0.15) is 16.7 Å². The summed E-state index contributed by atoms with van der Waals surface area (Å²) in [5.41, 5.74) is 8.22. The highest BCUT2D eigenvalue weighted by molar-refractivity contribution is 7.08. The Kier molecular flexibility index (Phi) is 3.16. The van der Waals surface area contributed by atoms with Crippen LogP contribution in [0, 0.1) is 6.92 Å². The predicted molar refractivity (Wildman–Crippen MR) is 77.3 cm³/mol. The highest BCUT2D eigenvalue weighted by Gasteiger charge is 2.31. The van der Waals surface area contributed by atoms with Gasteiger partial charge >= 0.3 is 6.18 Å². The molecule has 0 unspecified atom stereocenters. The first-order valence-electron chi connectivity index (χ1n) is 6.21. The third kappa shape index (κ3) is 2.49. The zero-order valence-corrected chi connectivity index (χ0v) is 11.9. The Morgan fingerprint density at radius 2 is 2.05 bits per heavy atom. The van der Waals surface area contributed by atoms with E-state index in [1.165, 1.54) is 6.07 Å². The van der Waals surface area contributed by atoms with Crippen molar-refractivity contribution in [2.24, 2.45) is 0 Å². The molecule has 0 bridgehead atoms. The van der Waals surface area contributed by atoms with E-state index in [2.05, 4.69) is 4.98 Å². The van der Waals surface area contributed by atoms with Crippen molar-refractivity contribution in [1.82, 2.24) is 9.55 Å². The number of hydrogen-bond donors (Lipinski definition) is 1. The maximum atomic E-state index is 12.7. The van der Waals surface area contributed by atoms with E-state index in [9.17, 15) is 13.2 Å². The average Bonchev–Trinajstić information content (AvgIpc) is 2.93. The molecule has 3 nitrogen and oxygen atoms in total. The van der Waals surface area contributed by atoms with Gasteiger partial charge in [-0.25, -0.2) is 4.98 Å². The molecule has 0 aliphatic carbocycles. The summed E-state index contributed by atoms with van der Waals surface area (Å²) in [7, 11) is 0. The van der Waals surface area contributed by atoms with Crippen LogP contribution in [0.5, 0.6) is 0 Å². The summed E-state index contributed by atoms with van der Waals surface area (Å²) < 4.78 is 39.9. The molecule has 110 valence electrons. The van der Waals surface area contributed by atoms with Crippen LogP contribution in [0.15, 0.2) is 29.0 Å². The van der Waals surface area contributed by atoms with Gasteiger partial charge in [0.05, 0.1) is 23.1 Å². The van der Waals surface area contributed by atoms with E-state index in [-0.39, 0.29) is 11.5 Å². The Balaban J connectivity index is 2.08. The monoisotopic (exact) mass is 311 g/mol. The lowest BCUT2D eigenvalue weighted by Crippen LogP contribution is -2.06. The summed E-state index contributed by atoms with van der Waals surface area (Å²) in [4.78, 5) is 4.04. The molecule has 1 aromatic carbocycles. The number of fused-ring (bicyclic) bond motifs is 1. The Labute approximate surface area is 122 Å².